The number of hydrogen-bond acceptors (Lipinski definition) is 5. The van der Waals surface area contributed by atoms with E-state index in [9.17, 15) is 13.2 Å². The second kappa shape index (κ2) is 6.66. The maximum absolute atomic E-state index is 12.3. The average molecular weight is 335 g/mol. The van der Waals surface area contributed by atoms with Crippen molar-refractivity contribution in [1.82, 2.24) is 4.72 Å². The van der Waals surface area contributed by atoms with Crippen LogP contribution in [0.15, 0.2) is 45.7 Å². The second-order valence-corrected chi connectivity index (χ2v) is 7.10. The van der Waals surface area contributed by atoms with Gasteiger partial charge in [-0.15, -0.1) is 0 Å². The smallest absolute Gasteiger partial charge is 0.240 e. The molecule has 1 N–H and O–H groups in total. The quantitative estimate of drug-likeness (QED) is 0.818. The van der Waals surface area contributed by atoms with E-state index in [0.717, 1.165) is 12.8 Å². The first-order valence-electron chi connectivity index (χ1n) is 7.35. The molecule has 1 fully saturated rings. The molecule has 1 saturated heterocycles. The maximum Gasteiger partial charge on any atom is 0.240 e. The van der Waals surface area contributed by atoms with Crippen molar-refractivity contribution < 1.29 is 22.4 Å². The van der Waals surface area contributed by atoms with Crippen LogP contribution in [0.5, 0.6) is 0 Å². The highest BCUT2D eigenvalue weighted by Crippen LogP contribution is 2.23. The normalized spacial score (nSPS) is 18.2. The molecule has 0 radical (unpaired) electrons. The lowest BCUT2D eigenvalue weighted by atomic mass is 10.2. The molecule has 0 saturated carbocycles. The summed E-state index contributed by atoms with van der Waals surface area (Å²) < 4.78 is 37.8. The fourth-order valence-electron chi connectivity index (χ4n) is 2.46. The van der Waals surface area contributed by atoms with E-state index in [2.05, 4.69) is 4.72 Å². The molecule has 1 aromatic carbocycles. The third-order valence-corrected chi connectivity index (χ3v) is 5.16. The van der Waals surface area contributed by atoms with Gasteiger partial charge in [0, 0.05) is 18.7 Å². The molecule has 1 aliphatic rings. The molecule has 1 aliphatic heterocycles. The first-order chi connectivity index (χ1) is 11.1. The van der Waals surface area contributed by atoms with Gasteiger partial charge in [0.2, 0.25) is 10.0 Å². The predicted molar refractivity (Wildman–Crippen MR) is 83.7 cm³/mol. The summed E-state index contributed by atoms with van der Waals surface area (Å²) in [5, 5.41) is 0. The first kappa shape index (κ1) is 15.9. The molecule has 0 amide bonds. The maximum atomic E-state index is 12.3. The fourth-order valence-corrected chi connectivity index (χ4v) is 3.53. The van der Waals surface area contributed by atoms with E-state index in [0.29, 0.717) is 24.2 Å². The van der Waals surface area contributed by atoms with E-state index in [4.69, 9.17) is 9.15 Å². The first-order valence-corrected chi connectivity index (χ1v) is 8.83. The minimum Gasteiger partial charge on any atom is -0.453 e. The van der Waals surface area contributed by atoms with E-state index in [1.807, 2.05) is 0 Å². The summed E-state index contributed by atoms with van der Waals surface area (Å²) in [6.45, 7) is 0.970. The summed E-state index contributed by atoms with van der Waals surface area (Å²) in [4.78, 5) is 10.8. The molecule has 1 atom stereocenters. The van der Waals surface area contributed by atoms with Crippen LogP contribution in [0.1, 0.15) is 23.4 Å². The second-order valence-electron chi connectivity index (χ2n) is 5.33. The van der Waals surface area contributed by atoms with Crippen molar-refractivity contribution >= 4 is 16.3 Å². The Balaban J connectivity index is 1.71. The Kier molecular flexibility index (Phi) is 4.61. The van der Waals surface area contributed by atoms with Crippen LogP contribution in [0.3, 0.4) is 0 Å². The number of rotatable bonds is 6. The highest BCUT2D eigenvalue weighted by molar-refractivity contribution is 7.89. The summed E-state index contributed by atoms with van der Waals surface area (Å²) in [5.41, 5.74) is 0.705. The van der Waals surface area contributed by atoms with Crippen LogP contribution in [0, 0.1) is 0 Å². The molecule has 2 aromatic rings. The van der Waals surface area contributed by atoms with Crippen LogP contribution >= 0.6 is 0 Å². The molecule has 23 heavy (non-hydrogen) atoms. The lowest BCUT2D eigenvalue weighted by molar-refractivity contribution is 0.110. The number of aldehydes is 1. The van der Waals surface area contributed by atoms with Crippen LogP contribution in [-0.2, 0) is 14.8 Å². The van der Waals surface area contributed by atoms with Gasteiger partial charge in [0.15, 0.2) is 12.0 Å². The number of benzene rings is 1. The van der Waals surface area contributed by atoms with E-state index < -0.39 is 10.0 Å². The topological polar surface area (TPSA) is 85.6 Å². The molecule has 6 nitrogen and oxygen atoms in total. The van der Waals surface area contributed by atoms with Gasteiger partial charge in [-0.1, -0.05) is 0 Å². The van der Waals surface area contributed by atoms with Crippen molar-refractivity contribution in [3.05, 3.63) is 42.2 Å². The Morgan fingerprint density at radius 3 is 2.57 bits per heavy atom. The molecule has 3 rings (SSSR count). The molecule has 1 unspecified atom stereocenters. The van der Waals surface area contributed by atoms with Gasteiger partial charge in [-0.3, -0.25) is 4.79 Å². The SMILES string of the molecule is O=Cc1ccc(-c2ccc(S(=O)(=O)NCC3CCCO3)cc2)o1. The highest BCUT2D eigenvalue weighted by atomic mass is 32.2. The van der Waals surface area contributed by atoms with Gasteiger partial charge >= 0.3 is 0 Å². The van der Waals surface area contributed by atoms with Crippen LogP contribution in [0.25, 0.3) is 11.3 Å². The van der Waals surface area contributed by atoms with Crippen molar-refractivity contribution in [2.24, 2.45) is 0 Å². The summed E-state index contributed by atoms with van der Waals surface area (Å²) in [5.74, 6) is 0.748. The number of ether oxygens (including phenoxy) is 1. The minimum absolute atomic E-state index is 0.0473. The molecular formula is C16H17NO5S. The number of furan rings is 1. The minimum atomic E-state index is -3.56. The van der Waals surface area contributed by atoms with Crippen molar-refractivity contribution in [2.75, 3.05) is 13.2 Å². The molecule has 0 aliphatic carbocycles. The number of nitrogens with one attached hydrogen (secondary N) is 1. The van der Waals surface area contributed by atoms with Gasteiger partial charge in [0.1, 0.15) is 5.76 Å². The standard InChI is InChI=1S/C16H17NO5S/c18-11-14-5-8-16(22-14)12-3-6-15(7-4-12)23(19,20)17-10-13-2-1-9-21-13/h3-8,11,13,17H,1-2,9-10H2. The Morgan fingerprint density at radius 2 is 1.96 bits per heavy atom. The fraction of sp³-hybridized carbons (Fsp3) is 0.312. The van der Waals surface area contributed by atoms with Crippen LogP contribution in [0.4, 0.5) is 0 Å². The Labute approximate surface area is 134 Å². The van der Waals surface area contributed by atoms with Crippen LogP contribution in [0.2, 0.25) is 0 Å². The van der Waals surface area contributed by atoms with E-state index >= 15 is 0 Å². The Morgan fingerprint density at radius 1 is 1.17 bits per heavy atom. The largest absolute Gasteiger partial charge is 0.453 e. The molecule has 0 spiro atoms. The van der Waals surface area contributed by atoms with Gasteiger partial charge in [-0.05, 0) is 49.2 Å². The summed E-state index contributed by atoms with van der Waals surface area (Å²) >= 11 is 0. The zero-order valence-electron chi connectivity index (χ0n) is 12.4. The zero-order chi connectivity index (χ0) is 16.3. The number of hydrogen-bond donors (Lipinski definition) is 1. The van der Waals surface area contributed by atoms with Gasteiger partial charge in [0.25, 0.3) is 0 Å². The van der Waals surface area contributed by atoms with Gasteiger partial charge in [0.05, 0.1) is 11.0 Å². The van der Waals surface area contributed by atoms with Gasteiger partial charge in [-0.25, -0.2) is 13.1 Å². The third-order valence-electron chi connectivity index (χ3n) is 3.72. The van der Waals surface area contributed by atoms with E-state index in [1.54, 1.807) is 24.3 Å². The molecule has 2 heterocycles. The Bertz CT molecular complexity index is 773. The van der Waals surface area contributed by atoms with Crippen molar-refractivity contribution in [1.29, 1.82) is 0 Å². The summed E-state index contributed by atoms with van der Waals surface area (Å²) in [7, 11) is -3.56. The average Bonchev–Trinajstić information content (AvgIpc) is 3.24. The van der Waals surface area contributed by atoms with E-state index in [-0.39, 0.29) is 23.3 Å². The van der Waals surface area contributed by atoms with Gasteiger partial charge < -0.3 is 9.15 Å². The molecule has 1 aromatic heterocycles. The lowest BCUT2D eigenvalue weighted by Crippen LogP contribution is -2.31. The predicted octanol–water partition coefficient (Wildman–Crippen LogP) is 2.22. The van der Waals surface area contributed by atoms with Crippen LogP contribution < -0.4 is 4.72 Å². The third kappa shape index (κ3) is 3.69. The van der Waals surface area contributed by atoms with Crippen LogP contribution in [-0.4, -0.2) is 34.0 Å². The Hall–Kier alpha value is -1.96. The molecule has 122 valence electrons. The zero-order valence-corrected chi connectivity index (χ0v) is 13.2. The number of carbonyl (C=O) groups is 1. The molecule has 0 bridgehead atoms. The molecule has 7 heteroatoms. The van der Waals surface area contributed by atoms with Crippen molar-refractivity contribution in [3.63, 3.8) is 0 Å². The molecular weight excluding hydrogens is 318 g/mol. The van der Waals surface area contributed by atoms with Crippen molar-refractivity contribution in [2.45, 2.75) is 23.8 Å². The summed E-state index contributed by atoms with van der Waals surface area (Å²) in [6, 6.07) is 9.55. The van der Waals surface area contributed by atoms with E-state index in [1.165, 1.54) is 12.1 Å². The monoisotopic (exact) mass is 335 g/mol. The van der Waals surface area contributed by atoms with Crippen molar-refractivity contribution in [3.8, 4) is 11.3 Å². The lowest BCUT2D eigenvalue weighted by Gasteiger charge is -2.11. The number of sulfonamides is 1. The highest BCUT2D eigenvalue weighted by Gasteiger charge is 2.20. The van der Waals surface area contributed by atoms with Gasteiger partial charge in [-0.2, -0.15) is 0 Å². The number of carbonyl (C=O) groups excluding carboxylic acids is 1. The summed E-state index contributed by atoms with van der Waals surface area (Å²) in [6.07, 6.45) is 2.41.